The normalized spacial score (nSPS) is 14.8. The second-order valence-electron chi connectivity index (χ2n) is 5.04. The Bertz CT molecular complexity index is 492. The molecule has 1 saturated heterocycles. The van der Waals surface area contributed by atoms with Gasteiger partial charge in [0, 0.05) is 13.1 Å². The molecule has 1 aliphatic rings. The minimum atomic E-state index is -1.09. The van der Waals surface area contributed by atoms with Crippen molar-refractivity contribution in [3.63, 3.8) is 0 Å². The highest BCUT2D eigenvalue weighted by Crippen LogP contribution is 2.12. The summed E-state index contributed by atoms with van der Waals surface area (Å²) in [4.78, 5) is 25.0. The van der Waals surface area contributed by atoms with Gasteiger partial charge in [-0.15, -0.1) is 5.10 Å². The molecule has 0 aliphatic carbocycles. The fourth-order valence-electron chi connectivity index (χ4n) is 2.41. The second kappa shape index (κ2) is 6.49. The van der Waals surface area contributed by atoms with Gasteiger partial charge in [-0.25, -0.2) is 9.48 Å². The lowest BCUT2D eigenvalue weighted by Crippen LogP contribution is -2.32. The Hall–Kier alpha value is -1.92. The first-order valence-electron chi connectivity index (χ1n) is 7.07. The van der Waals surface area contributed by atoms with Crippen LogP contribution in [0.4, 0.5) is 0 Å². The Kier molecular flexibility index (Phi) is 4.70. The van der Waals surface area contributed by atoms with Crippen LogP contribution in [0.5, 0.6) is 0 Å². The van der Waals surface area contributed by atoms with Crippen LogP contribution in [0.15, 0.2) is 0 Å². The number of hydrogen-bond donors (Lipinski definition) is 1. The lowest BCUT2D eigenvalue weighted by Gasteiger charge is -2.15. The Morgan fingerprint density at radius 1 is 1.30 bits per heavy atom. The maximum atomic E-state index is 12.1. The van der Waals surface area contributed by atoms with Gasteiger partial charge in [0.1, 0.15) is 6.54 Å². The average Bonchev–Trinajstić information content (AvgIpc) is 3.05. The summed E-state index contributed by atoms with van der Waals surface area (Å²) in [5, 5.41) is 16.6. The zero-order valence-corrected chi connectivity index (χ0v) is 11.7. The number of carbonyl (C=O) groups excluding carboxylic acids is 1. The van der Waals surface area contributed by atoms with Crippen molar-refractivity contribution < 1.29 is 14.7 Å². The van der Waals surface area contributed by atoms with Gasteiger partial charge >= 0.3 is 5.97 Å². The molecule has 1 N–H and O–H groups in total. The molecule has 2 rings (SSSR count). The topological polar surface area (TPSA) is 88.3 Å². The fourth-order valence-corrected chi connectivity index (χ4v) is 2.41. The first kappa shape index (κ1) is 14.5. The molecule has 0 bridgehead atoms. The number of rotatable bonds is 6. The minimum absolute atomic E-state index is 0.0120. The summed E-state index contributed by atoms with van der Waals surface area (Å²) in [5.74, 6) is -1.10. The predicted molar refractivity (Wildman–Crippen MR) is 71.4 cm³/mol. The molecule has 1 fully saturated rings. The first-order chi connectivity index (χ1) is 9.63. The van der Waals surface area contributed by atoms with Crippen molar-refractivity contribution in [3.8, 4) is 0 Å². The van der Waals surface area contributed by atoms with Crippen LogP contribution in [0.3, 0.4) is 0 Å². The van der Waals surface area contributed by atoms with E-state index in [-0.39, 0.29) is 18.1 Å². The molecule has 0 atom stereocenters. The summed E-state index contributed by atoms with van der Waals surface area (Å²) < 4.78 is 1.44. The third-order valence-corrected chi connectivity index (χ3v) is 3.55. The van der Waals surface area contributed by atoms with E-state index < -0.39 is 5.97 Å². The maximum Gasteiger partial charge on any atom is 0.358 e. The molecule has 0 radical (unpaired) electrons. The number of nitrogens with zero attached hydrogens (tertiary/aromatic N) is 4. The molecule has 1 aliphatic heterocycles. The number of carbonyl (C=O) groups is 2. The summed E-state index contributed by atoms with van der Waals surface area (Å²) in [6.45, 7) is 3.68. The van der Waals surface area contributed by atoms with Gasteiger partial charge in [-0.3, -0.25) is 4.79 Å². The van der Waals surface area contributed by atoms with Crippen molar-refractivity contribution in [2.24, 2.45) is 0 Å². The molecule has 0 aromatic carbocycles. The van der Waals surface area contributed by atoms with Crippen LogP contribution in [0.1, 0.15) is 48.8 Å². The highest BCUT2D eigenvalue weighted by Gasteiger charge is 2.23. The lowest BCUT2D eigenvalue weighted by atomic mass is 10.1. The number of aromatic carboxylic acids is 1. The summed E-state index contributed by atoms with van der Waals surface area (Å²) >= 11 is 0. The average molecular weight is 280 g/mol. The Morgan fingerprint density at radius 3 is 2.60 bits per heavy atom. The number of hydrogen-bond acceptors (Lipinski definition) is 4. The van der Waals surface area contributed by atoms with Gasteiger partial charge in [0.15, 0.2) is 5.69 Å². The fraction of sp³-hybridized carbons (Fsp3) is 0.692. The third kappa shape index (κ3) is 3.15. The highest BCUT2D eigenvalue weighted by molar-refractivity contribution is 5.86. The van der Waals surface area contributed by atoms with Crippen molar-refractivity contribution in [3.05, 3.63) is 11.4 Å². The molecule has 2 heterocycles. The second-order valence-corrected chi connectivity index (χ2v) is 5.04. The van der Waals surface area contributed by atoms with Crippen LogP contribution < -0.4 is 0 Å². The molecule has 1 aromatic heterocycles. The molecule has 1 aromatic rings. The number of carboxylic acid groups (broad SMARTS) is 1. The number of carboxylic acids is 1. The van der Waals surface area contributed by atoms with Gasteiger partial charge < -0.3 is 10.0 Å². The maximum absolute atomic E-state index is 12.1. The van der Waals surface area contributed by atoms with E-state index in [1.165, 1.54) is 4.68 Å². The van der Waals surface area contributed by atoms with Gasteiger partial charge in [0.25, 0.3) is 0 Å². The molecule has 110 valence electrons. The number of unbranched alkanes of at least 4 members (excludes halogenated alkanes) is 1. The van der Waals surface area contributed by atoms with Crippen LogP contribution in [0.2, 0.25) is 0 Å². The Labute approximate surface area is 117 Å². The smallest absolute Gasteiger partial charge is 0.358 e. The van der Waals surface area contributed by atoms with Crippen molar-refractivity contribution in [1.29, 1.82) is 0 Å². The molecule has 0 spiro atoms. The number of likely N-dealkylation sites (tertiary alicyclic amines) is 1. The molecule has 0 unspecified atom stereocenters. The zero-order chi connectivity index (χ0) is 14.5. The quantitative estimate of drug-likeness (QED) is 0.837. The van der Waals surface area contributed by atoms with Crippen LogP contribution in [-0.4, -0.2) is 50.0 Å². The van der Waals surface area contributed by atoms with Gasteiger partial charge in [0.05, 0.1) is 5.69 Å². The zero-order valence-electron chi connectivity index (χ0n) is 11.7. The van der Waals surface area contributed by atoms with E-state index in [1.807, 2.05) is 6.92 Å². The van der Waals surface area contributed by atoms with E-state index in [0.29, 0.717) is 12.1 Å². The van der Waals surface area contributed by atoms with Crippen molar-refractivity contribution >= 4 is 11.9 Å². The monoisotopic (exact) mass is 280 g/mol. The van der Waals surface area contributed by atoms with Crippen LogP contribution in [0, 0.1) is 0 Å². The molecule has 7 heteroatoms. The summed E-state index contributed by atoms with van der Waals surface area (Å²) in [5.41, 5.74) is 0.513. The molecule has 20 heavy (non-hydrogen) atoms. The predicted octanol–water partition coefficient (Wildman–Crippen LogP) is 0.941. The number of aromatic nitrogens is 3. The van der Waals surface area contributed by atoms with Gasteiger partial charge in [0.2, 0.25) is 5.91 Å². The largest absolute Gasteiger partial charge is 0.476 e. The molecule has 7 nitrogen and oxygen atoms in total. The van der Waals surface area contributed by atoms with E-state index in [2.05, 4.69) is 10.3 Å². The standard InChI is InChI=1S/C13H20N4O3/c1-2-3-6-10-12(13(19)20)14-15-17(10)9-11(18)16-7-4-5-8-16/h2-9H2,1H3,(H,19,20). The number of amides is 1. The van der Waals surface area contributed by atoms with Crippen LogP contribution >= 0.6 is 0 Å². The van der Waals surface area contributed by atoms with Crippen molar-refractivity contribution in [2.45, 2.75) is 45.6 Å². The van der Waals surface area contributed by atoms with E-state index in [4.69, 9.17) is 5.11 Å². The van der Waals surface area contributed by atoms with Gasteiger partial charge in [-0.05, 0) is 25.7 Å². The van der Waals surface area contributed by atoms with Gasteiger partial charge in [-0.1, -0.05) is 18.6 Å². The van der Waals surface area contributed by atoms with E-state index in [0.717, 1.165) is 38.8 Å². The SMILES string of the molecule is CCCCc1c(C(=O)O)nnn1CC(=O)N1CCCC1. The van der Waals surface area contributed by atoms with Crippen molar-refractivity contribution in [2.75, 3.05) is 13.1 Å². The summed E-state index contributed by atoms with van der Waals surface area (Å²) in [6, 6.07) is 0. The van der Waals surface area contributed by atoms with E-state index in [1.54, 1.807) is 4.90 Å². The lowest BCUT2D eigenvalue weighted by molar-refractivity contribution is -0.131. The first-order valence-corrected chi connectivity index (χ1v) is 7.07. The third-order valence-electron chi connectivity index (χ3n) is 3.55. The Morgan fingerprint density at radius 2 is 2.00 bits per heavy atom. The van der Waals surface area contributed by atoms with Gasteiger partial charge in [-0.2, -0.15) is 0 Å². The molecule has 1 amide bonds. The van der Waals surface area contributed by atoms with Crippen LogP contribution in [0.25, 0.3) is 0 Å². The van der Waals surface area contributed by atoms with E-state index in [9.17, 15) is 9.59 Å². The van der Waals surface area contributed by atoms with Crippen LogP contribution in [-0.2, 0) is 17.8 Å². The molecule has 0 saturated carbocycles. The highest BCUT2D eigenvalue weighted by atomic mass is 16.4. The Balaban J connectivity index is 2.13. The minimum Gasteiger partial charge on any atom is -0.476 e. The van der Waals surface area contributed by atoms with E-state index >= 15 is 0 Å². The summed E-state index contributed by atoms with van der Waals surface area (Å²) in [7, 11) is 0. The van der Waals surface area contributed by atoms with Crippen molar-refractivity contribution in [1.82, 2.24) is 19.9 Å². The summed E-state index contributed by atoms with van der Waals surface area (Å²) in [6.07, 6.45) is 4.45. The molecular weight excluding hydrogens is 260 g/mol. The molecular formula is C13H20N4O3.